The zero-order valence-electron chi connectivity index (χ0n) is 20.7. The number of amidine groups is 1. The van der Waals surface area contributed by atoms with Crippen LogP contribution < -0.4 is 19.5 Å². The molecular weight excluding hydrogens is 528 g/mol. The maximum Gasteiger partial charge on any atom is 0.335 e. The van der Waals surface area contributed by atoms with Crippen LogP contribution in [0.25, 0.3) is 6.08 Å². The first kappa shape index (κ1) is 27.1. The average Bonchev–Trinajstić information content (AvgIpc) is 3.23. The van der Waals surface area contributed by atoms with Crippen LogP contribution in [0.15, 0.2) is 70.6 Å². The lowest BCUT2D eigenvalue weighted by molar-refractivity contribution is -0.115. The third-order valence-corrected chi connectivity index (χ3v) is 6.41. The van der Waals surface area contributed by atoms with E-state index < -0.39 is 5.97 Å². The first-order chi connectivity index (χ1) is 18.4. The Balaban J connectivity index is 1.52. The molecule has 3 aromatic carbocycles. The number of thioether (sulfide) groups is 1. The number of carboxylic acid groups (broad SMARTS) is 1. The van der Waals surface area contributed by atoms with E-state index in [1.54, 1.807) is 30.3 Å². The van der Waals surface area contributed by atoms with Gasteiger partial charge in [-0.05, 0) is 91.3 Å². The highest BCUT2D eigenvalue weighted by atomic mass is 35.5. The number of carbonyl (C=O) groups excluding carboxylic acids is 1. The number of carboxylic acids is 1. The molecule has 0 spiro atoms. The van der Waals surface area contributed by atoms with Gasteiger partial charge in [-0.2, -0.15) is 0 Å². The molecule has 38 heavy (non-hydrogen) atoms. The molecule has 1 heterocycles. The summed E-state index contributed by atoms with van der Waals surface area (Å²) in [5.41, 5.74) is 2.18. The molecule has 8 nitrogen and oxygen atoms in total. The molecule has 10 heteroatoms. The summed E-state index contributed by atoms with van der Waals surface area (Å²) in [6.07, 6.45) is 1.70. The van der Waals surface area contributed by atoms with E-state index >= 15 is 0 Å². The number of aliphatic imine (C=N–C) groups is 1. The second kappa shape index (κ2) is 12.5. The van der Waals surface area contributed by atoms with Crippen molar-refractivity contribution in [1.29, 1.82) is 0 Å². The molecule has 0 aliphatic carbocycles. The molecule has 4 rings (SSSR count). The Labute approximate surface area is 229 Å². The highest BCUT2D eigenvalue weighted by Gasteiger charge is 2.24. The molecule has 3 aromatic rings. The fourth-order valence-electron chi connectivity index (χ4n) is 3.56. The lowest BCUT2D eigenvalue weighted by Crippen LogP contribution is -2.19. The molecule has 2 N–H and O–H groups in total. The van der Waals surface area contributed by atoms with E-state index in [1.165, 1.54) is 23.9 Å². The number of aromatic carboxylic acids is 1. The number of benzene rings is 3. The van der Waals surface area contributed by atoms with Crippen molar-refractivity contribution < 1.29 is 28.9 Å². The number of hydrogen-bond acceptors (Lipinski definition) is 7. The van der Waals surface area contributed by atoms with Crippen molar-refractivity contribution in [3.63, 3.8) is 0 Å². The molecule has 196 valence electrons. The summed E-state index contributed by atoms with van der Waals surface area (Å²) in [5, 5.41) is 12.7. The van der Waals surface area contributed by atoms with Crippen LogP contribution in [-0.2, 0) is 11.4 Å². The number of halogens is 1. The number of carbonyl (C=O) groups is 2. The number of hydrogen-bond donors (Lipinski definition) is 2. The van der Waals surface area contributed by atoms with Gasteiger partial charge in [-0.25, -0.2) is 9.79 Å². The first-order valence-corrected chi connectivity index (χ1v) is 13.0. The lowest BCUT2D eigenvalue weighted by Gasteiger charge is -2.15. The molecule has 1 aliphatic rings. The zero-order chi connectivity index (χ0) is 27.1. The molecule has 0 aromatic heterocycles. The van der Waals surface area contributed by atoms with E-state index in [9.17, 15) is 14.7 Å². The topological polar surface area (TPSA) is 106 Å². The minimum absolute atomic E-state index is 0.102. The van der Waals surface area contributed by atoms with E-state index in [-0.39, 0.29) is 18.1 Å². The van der Waals surface area contributed by atoms with Gasteiger partial charge in [0.25, 0.3) is 5.91 Å². The summed E-state index contributed by atoms with van der Waals surface area (Å²) in [4.78, 5) is 28.8. The van der Waals surface area contributed by atoms with Crippen LogP contribution in [0.5, 0.6) is 17.2 Å². The number of ether oxygens (including phenoxy) is 3. The van der Waals surface area contributed by atoms with Crippen LogP contribution >= 0.6 is 23.4 Å². The Kier molecular flexibility index (Phi) is 8.93. The smallest absolute Gasteiger partial charge is 0.335 e. The summed E-state index contributed by atoms with van der Waals surface area (Å²) >= 11 is 7.76. The molecule has 1 amide bonds. The van der Waals surface area contributed by atoms with Gasteiger partial charge in [0, 0.05) is 0 Å². The quantitative estimate of drug-likeness (QED) is 0.284. The fraction of sp³-hybridized carbons (Fsp3) is 0.179. The Hall–Kier alpha value is -3.95. The lowest BCUT2D eigenvalue weighted by atomic mass is 10.1. The van der Waals surface area contributed by atoms with Gasteiger partial charge in [-0.1, -0.05) is 23.7 Å². The normalized spacial score (nSPS) is 15.0. The second-order valence-corrected chi connectivity index (χ2v) is 9.40. The molecule has 1 saturated heterocycles. The van der Waals surface area contributed by atoms with Crippen molar-refractivity contribution in [3.05, 3.63) is 87.3 Å². The first-order valence-electron chi connectivity index (χ1n) is 11.8. The predicted molar refractivity (Wildman–Crippen MR) is 149 cm³/mol. The van der Waals surface area contributed by atoms with Gasteiger partial charge >= 0.3 is 5.97 Å². The minimum Gasteiger partial charge on any atom is -0.494 e. The highest BCUT2D eigenvalue weighted by Crippen LogP contribution is 2.39. The van der Waals surface area contributed by atoms with Crippen molar-refractivity contribution in [1.82, 2.24) is 5.32 Å². The average molecular weight is 553 g/mol. The predicted octanol–water partition coefficient (Wildman–Crippen LogP) is 6.31. The summed E-state index contributed by atoms with van der Waals surface area (Å²) in [6, 6.07) is 17.2. The highest BCUT2D eigenvalue weighted by molar-refractivity contribution is 8.18. The van der Waals surface area contributed by atoms with Gasteiger partial charge in [0.05, 0.1) is 34.4 Å². The number of rotatable bonds is 10. The SMILES string of the molecule is CCOc1ccc(N=C2NC(=O)/C(=C\c3cc(Cl)c(OCc4cccc(C(=O)O)c4)c(OCC)c3)S2)cc1. The van der Waals surface area contributed by atoms with Gasteiger partial charge in [0.15, 0.2) is 16.7 Å². The Morgan fingerprint density at radius 2 is 1.82 bits per heavy atom. The summed E-state index contributed by atoms with van der Waals surface area (Å²) in [7, 11) is 0. The largest absolute Gasteiger partial charge is 0.494 e. The van der Waals surface area contributed by atoms with E-state index in [2.05, 4.69) is 10.3 Å². The number of amides is 1. The van der Waals surface area contributed by atoms with Crippen LogP contribution in [0.3, 0.4) is 0 Å². The summed E-state index contributed by atoms with van der Waals surface area (Å²) in [5.74, 6) is 0.208. The molecule has 0 atom stereocenters. The number of nitrogens with zero attached hydrogens (tertiary/aromatic N) is 1. The van der Waals surface area contributed by atoms with Gasteiger partial charge in [-0.15, -0.1) is 0 Å². The van der Waals surface area contributed by atoms with Crippen molar-refractivity contribution in [2.24, 2.45) is 4.99 Å². The molecule has 1 fully saturated rings. The van der Waals surface area contributed by atoms with Gasteiger partial charge in [-0.3, -0.25) is 4.79 Å². The van der Waals surface area contributed by atoms with Crippen molar-refractivity contribution in [2.45, 2.75) is 20.5 Å². The molecule has 0 radical (unpaired) electrons. The van der Waals surface area contributed by atoms with Gasteiger partial charge in [0.1, 0.15) is 12.4 Å². The Bertz CT molecular complexity index is 1400. The van der Waals surface area contributed by atoms with Crippen LogP contribution in [-0.4, -0.2) is 35.4 Å². The van der Waals surface area contributed by atoms with Gasteiger partial charge < -0.3 is 24.6 Å². The summed E-state index contributed by atoms with van der Waals surface area (Å²) in [6.45, 7) is 4.81. The van der Waals surface area contributed by atoms with Crippen molar-refractivity contribution in [3.8, 4) is 17.2 Å². The molecule has 0 saturated carbocycles. The summed E-state index contributed by atoms with van der Waals surface area (Å²) < 4.78 is 17.1. The maximum absolute atomic E-state index is 12.6. The zero-order valence-corrected chi connectivity index (χ0v) is 22.3. The van der Waals surface area contributed by atoms with Crippen molar-refractivity contribution in [2.75, 3.05) is 13.2 Å². The molecule has 0 unspecified atom stereocenters. The minimum atomic E-state index is -1.02. The third-order valence-electron chi connectivity index (χ3n) is 5.22. The Morgan fingerprint density at radius 1 is 1.05 bits per heavy atom. The molecule has 0 bridgehead atoms. The second-order valence-electron chi connectivity index (χ2n) is 7.97. The standard InChI is InChI=1S/C28H25ClN2O6S/c1-3-35-21-10-8-20(9-11-21)30-28-31-26(32)24(38-28)15-18-13-22(29)25(23(14-18)36-4-2)37-16-17-6-5-7-19(12-17)27(33)34/h5-15H,3-4,16H2,1-2H3,(H,33,34)(H,30,31,32)/b24-15+. The fourth-order valence-corrected chi connectivity index (χ4v) is 4.67. The number of nitrogens with one attached hydrogen (secondary N) is 1. The van der Waals surface area contributed by atoms with Crippen molar-refractivity contribution >= 4 is 52.2 Å². The van der Waals surface area contributed by atoms with E-state index in [0.717, 1.165) is 5.75 Å². The maximum atomic E-state index is 12.6. The van der Waals surface area contributed by atoms with Crippen LogP contribution in [0.1, 0.15) is 35.3 Å². The van der Waals surface area contributed by atoms with Crippen LogP contribution in [0.4, 0.5) is 5.69 Å². The van der Waals surface area contributed by atoms with E-state index in [4.69, 9.17) is 25.8 Å². The third kappa shape index (κ3) is 6.87. The molecule has 1 aliphatic heterocycles. The Morgan fingerprint density at radius 3 is 2.53 bits per heavy atom. The van der Waals surface area contributed by atoms with Gasteiger partial charge in [0.2, 0.25) is 0 Å². The van der Waals surface area contributed by atoms with Crippen LogP contribution in [0.2, 0.25) is 5.02 Å². The van der Waals surface area contributed by atoms with Crippen LogP contribution in [0, 0.1) is 0 Å². The van der Waals surface area contributed by atoms with E-state index in [0.29, 0.717) is 56.6 Å². The van der Waals surface area contributed by atoms with E-state index in [1.807, 2.05) is 38.1 Å². The molecular formula is C28H25ClN2O6S. The monoisotopic (exact) mass is 552 g/mol.